The lowest BCUT2D eigenvalue weighted by Crippen LogP contribution is -2.39. The van der Waals surface area contributed by atoms with E-state index in [1.54, 1.807) is 47.3 Å². The standard InChI is InChI=1S/C29H26N4O3/c1-18(2)25-23(28(35)33(30-25)21-12-6-5-7-13-21)24-26(31-15-9-11-20(4)17-31)29(36)32(27(24)34)22-14-8-10-19(3)16-22/h5-18H,1-4H3. The number of carbonyl (C=O) groups excluding carboxylic acids is 2. The van der Waals surface area contributed by atoms with Crippen molar-refractivity contribution in [3.05, 3.63) is 102 Å². The largest absolute Gasteiger partial charge is 0.858 e. The molecule has 1 aliphatic rings. The number of aromatic nitrogens is 3. The molecule has 36 heavy (non-hydrogen) atoms. The van der Waals surface area contributed by atoms with Crippen LogP contribution < -0.4 is 14.6 Å². The Balaban J connectivity index is 1.81. The molecule has 0 saturated carbocycles. The Hall–Kier alpha value is -4.52. The van der Waals surface area contributed by atoms with Gasteiger partial charge in [-0.25, -0.2) is 9.58 Å². The molecule has 4 aromatic rings. The van der Waals surface area contributed by atoms with E-state index < -0.39 is 17.7 Å². The van der Waals surface area contributed by atoms with Crippen molar-refractivity contribution >= 4 is 28.8 Å². The number of hydrogen-bond donors (Lipinski definition) is 0. The van der Waals surface area contributed by atoms with E-state index in [2.05, 4.69) is 5.10 Å². The molecule has 0 fully saturated rings. The van der Waals surface area contributed by atoms with Crippen LogP contribution in [0, 0.1) is 13.8 Å². The second kappa shape index (κ2) is 8.92. The molecule has 2 aromatic heterocycles. The van der Waals surface area contributed by atoms with Gasteiger partial charge in [-0.2, -0.15) is 9.67 Å². The number of pyridine rings is 1. The highest BCUT2D eigenvalue weighted by atomic mass is 16.3. The highest BCUT2D eigenvalue weighted by Gasteiger charge is 2.47. The molecule has 7 heteroatoms. The maximum atomic E-state index is 14.0. The number of rotatable bonds is 5. The number of nitrogens with zero attached hydrogens (tertiary/aromatic N) is 4. The molecule has 5 rings (SSSR count). The topological polar surface area (TPSA) is 82.1 Å². The summed E-state index contributed by atoms with van der Waals surface area (Å²) in [5, 5.41) is 18.5. The van der Waals surface area contributed by atoms with Gasteiger partial charge in [0.1, 0.15) is 5.57 Å². The third kappa shape index (κ3) is 3.79. The number of carbonyl (C=O) groups is 2. The molecule has 0 unspecified atom stereocenters. The SMILES string of the molecule is Cc1cccc(N2C(=O)C(c3c(C(C)C)nn(-c4ccccc4)c3[O-])=C([n+]3cccc(C)c3)C2=O)c1. The minimum atomic E-state index is -0.541. The number of amides is 2. The lowest BCUT2D eigenvalue weighted by molar-refractivity contribution is -0.577. The molecule has 0 aliphatic carbocycles. The van der Waals surface area contributed by atoms with Crippen LogP contribution in [-0.4, -0.2) is 21.6 Å². The van der Waals surface area contributed by atoms with Crippen molar-refractivity contribution < 1.29 is 19.3 Å². The van der Waals surface area contributed by atoms with Crippen LogP contribution in [0.25, 0.3) is 17.0 Å². The van der Waals surface area contributed by atoms with Gasteiger partial charge in [0.2, 0.25) is 0 Å². The Morgan fingerprint density at radius 1 is 0.861 bits per heavy atom. The van der Waals surface area contributed by atoms with Crippen molar-refractivity contribution in [2.45, 2.75) is 33.6 Å². The van der Waals surface area contributed by atoms with Gasteiger partial charge in [-0.15, -0.1) is 0 Å². The van der Waals surface area contributed by atoms with Gasteiger partial charge >= 0.3 is 5.91 Å². The third-order valence-electron chi connectivity index (χ3n) is 6.19. The zero-order valence-electron chi connectivity index (χ0n) is 20.6. The van der Waals surface area contributed by atoms with Crippen LogP contribution in [-0.2, 0) is 9.59 Å². The summed E-state index contributed by atoms with van der Waals surface area (Å²) in [6.07, 6.45) is 3.50. The van der Waals surface area contributed by atoms with Crippen LogP contribution in [0.1, 0.15) is 42.1 Å². The zero-order valence-corrected chi connectivity index (χ0v) is 20.6. The Morgan fingerprint density at radius 3 is 2.22 bits per heavy atom. The average molecular weight is 479 g/mol. The molecule has 0 bridgehead atoms. The molecule has 180 valence electrons. The molecule has 0 spiro atoms. The molecule has 2 aromatic carbocycles. The number of aryl methyl sites for hydroxylation is 2. The quantitative estimate of drug-likeness (QED) is 0.322. The van der Waals surface area contributed by atoms with Crippen molar-refractivity contribution in [1.82, 2.24) is 9.78 Å². The summed E-state index contributed by atoms with van der Waals surface area (Å²) in [5.74, 6) is -1.62. The molecule has 2 amide bonds. The lowest BCUT2D eigenvalue weighted by Gasteiger charge is -2.16. The highest BCUT2D eigenvalue weighted by Crippen LogP contribution is 2.40. The third-order valence-corrected chi connectivity index (χ3v) is 6.19. The van der Waals surface area contributed by atoms with Crippen LogP contribution in [0.15, 0.2) is 79.1 Å². The lowest BCUT2D eigenvalue weighted by atomic mass is 9.98. The van der Waals surface area contributed by atoms with Gasteiger partial charge in [-0.05, 0) is 61.5 Å². The monoisotopic (exact) mass is 478 g/mol. The summed E-state index contributed by atoms with van der Waals surface area (Å²) in [4.78, 5) is 29.1. The van der Waals surface area contributed by atoms with Gasteiger partial charge in [-0.1, -0.05) is 44.2 Å². The van der Waals surface area contributed by atoms with Crippen molar-refractivity contribution in [3.63, 3.8) is 0 Å². The number of para-hydroxylation sites is 1. The van der Waals surface area contributed by atoms with E-state index in [4.69, 9.17) is 0 Å². The molecule has 3 heterocycles. The van der Waals surface area contributed by atoms with E-state index in [9.17, 15) is 14.7 Å². The van der Waals surface area contributed by atoms with Gasteiger partial charge in [0.05, 0.1) is 17.1 Å². The van der Waals surface area contributed by atoms with E-state index >= 15 is 0 Å². The van der Waals surface area contributed by atoms with E-state index in [1.807, 2.05) is 64.1 Å². The first-order chi connectivity index (χ1) is 17.3. The van der Waals surface area contributed by atoms with Crippen LogP contribution in [0.4, 0.5) is 5.69 Å². The molecule has 0 atom stereocenters. The minimum Gasteiger partial charge on any atom is -0.858 e. The predicted molar refractivity (Wildman–Crippen MR) is 135 cm³/mol. The maximum Gasteiger partial charge on any atom is 0.331 e. The van der Waals surface area contributed by atoms with E-state index in [0.717, 1.165) is 16.0 Å². The van der Waals surface area contributed by atoms with E-state index in [1.165, 1.54) is 4.68 Å². The van der Waals surface area contributed by atoms with Gasteiger partial charge < -0.3 is 5.11 Å². The van der Waals surface area contributed by atoms with Crippen LogP contribution >= 0.6 is 0 Å². The Labute approximate surface area is 209 Å². The first kappa shape index (κ1) is 23.2. The van der Waals surface area contributed by atoms with Crippen molar-refractivity contribution in [1.29, 1.82) is 0 Å². The average Bonchev–Trinajstić information content (AvgIpc) is 3.32. The molecule has 0 N–H and O–H groups in total. The van der Waals surface area contributed by atoms with Crippen LogP contribution in [0.5, 0.6) is 5.88 Å². The van der Waals surface area contributed by atoms with E-state index in [0.29, 0.717) is 17.1 Å². The Bertz CT molecular complexity index is 1530. The highest BCUT2D eigenvalue weighted by molar-refractivity contribution is 6.53. The van der Waals surface area contributed by atoms with Crippen LogP contribution in [0.2, 0.25) is 0 Å². The summed E-state index contributed by atoms with van der Waals surface area (Å²) in [5.41, 5.74) is 3.70. The molecule has 7 nitrogen and oxygen atoms in total. The number of imide groups is 1. The first-order valence-corrected chi connectivity index (χ1v) is 11.8. The Kier molecular flexibility index (Phi) is 5.76. The van der Waals surface area contributed by atoms with Gasteiger partial charge in [0.15, 0.2) is 12.4 Å². The fraction of sp³-hybridized carbons (Fsp3) is 0.172. The van der Waals surface area contributed by atoms with Gasteiger partial charge in [0, 0.05) is 17.2 Å². The smallest absolute Gasteiger partial charge is 0.331 e. The second-order valence-corrected chi connectivity index (χ2v) is 9.26. The normalized spacial score (nSPS) is 13.9. The summed E-state index contributed by atoms with van der Waals surface area (Å²) in [6.45, 7) is 7.64. The molecule has 1 aliphatic heterocycles. The number of anilines is 1. The fourth-order valence-electron chi connectivity index (χ4n) is 4.52. The van der Waals surface area contributed by atoms with Gasteiger partial charge in [0.25, 0.3) is 11.6 Å². The molecular weight excluding hydrogens is 452 g/mol. The predicted octanol–water partition coefficient (Wildman–Crippen LogP) is 3.92. The summed E-state index contributed by atoms with van der Waals surface area (Å²) in [7, 11) is 0. The minimum absolute atomic E-state index is 0.0630. The van der Waals surface area contributed by atoms with Crippen molar-refractivity contribution in [3.8, 4) is 11.6 Å². The Morgan fingerprint density at radius 2 is 1.56 bits per heavy atom. The first-order valence-electron chi connectivity index (χ1n) is 11.8. The van der Waals surface area contributed by atoms with E-state index in [-0.39, 0.29) is 22.8 Å². The molecular formula is C29H26N4O3. The fourth-order valence-corrected chi connectivity index (χ4v) is 4.52. The van der Waals surface area contributed by atoms with Gasteiger partial charge in [-0.3, -0.25) is 9.59 Å². The van der Waals surface area contributed by atoms with Crippen molar-refractivity contribution in [2.24, 2.45) is 0 Å². The number of benzene rings is 2. The number of hydrogen-bond acceptors (Lipinski definition) is 4. The summed E-state index contributed by atoms with van der Waals surface area (Å²) < 4.78 is 2.94. The zero-order chi connectivity index (χ0) is 25.6. The molecule has 0 radical (unpaired) electrons. The van der Waals surface area contributed by atoms with Crippen molar-refractivity contribution in [2.75, 3.05) is 4.90 Å². The second-order valence-electron chi connectivity index (χ2n) is 9.26. The van der Waals surface area contributed by atoms with Crippen LogP contribution in [0.3, 0.4) is 0 Å². The summed E-state index contributed by atoms with van der Waals surface area (Å²) in [6, 6.07) is 20.0. The molecule has 0 saturated heterocycles. The summed E-state index contributed by atoms with van der Waals surface area (Å²) >= 11 is 0. The maximum absolute atomic E-state index is 14.0.